The van der Waals surface area contributed by atoms with Gasteiger partial charge >= 0.3 is 0 Å². The maximum Gasteiger partial charge on any atom is 0.219 e. The van der Waals surface area contributed by atoms with Crippen molar-refractivity contribution in [3.05, 3.63) is 0 Å². The Balaban J connectivity index is 2.79. The van der Waals surface area contributed by atoms with Gasteiger partial charge in [-0.25, -0.2) is 4.39 Å². The summed E-state index contributed by atoms with van der Waals surface area (Å²) in [7, 11) is 0. The number of nitrogens with zero attached hydrogens (tertiary/aromatic N) is 1. The molecule has 1 aliphatic rings. The molecule has 1 rings (SSSR count). The first kappa shape index (κ1) is 11.5. The molecule has 1 aliphatic heterocycles. The third-order valence-electron chi connectivity index (χ3n) is 3.06. The van der Waals surface area contributed by atoms with Crippen LogP contribution in [0.5, 0.6) is 0 Å². The molecule has 0 saturated carbocycles. The number of carbonyl (C=O) groups is 1. The maximum absolute atomic E-state index is 13.9. The monoisotopic (exact) mass is 201 g/mol. The Morgan fingerprint density at radius 1 is 1.50 bits per heavy atom. The van der Waals surface area contributed by atoms with E-state index in [1.54, 1.807) is 18.7 Å². The molecule has 0 aromatic rings. The SMILES string of the molecule is CC(=O)N1CCC(C)CC1C(C)(C)F. The highest BCUT2D eigenvalue weighted by Gasteiger charge is 2.39. The molecule has 2 atom stereocenters. The van der Waals surface area contributed by atoms with Gasteiger partial charge < -0.3 is 4.90 Å². The van der Waals surface area contributed by atoms with Gasteiger partial charge in [0, 0.05) is 13.5 Å². The fraction of sp³-hybridized carbons (Fsp3) is 0.909. The van der Waals surface area contributed by atoms with E-state index in [1.807, 2.05) is 0 Å². The Labute approximate surface area is 85.5 Å². The van der Waals surface area contributed by atoms with Crippen molar-refractivity contribution in [2.75, 3.05) is 6.54 Å². The van der Waals surface area contributed by atoms with E-state index >= 15 is 0 Å². The predicted molar refractivity (Wildman–Crippen MR) is 54.8 cm³/mol. The lowest BCUT2D eigenvalue weighted by Gasteiger charge is -2.42. The average Bonchev–Trinajstić information content (AvgIpc) is 2.01. The highest BCUT2D eigenvalue weighted by atomic mass is 19.1. The molecular formula is C11H20FNO. The molecule has 2 nitrogen and oxygen atoms in total. The van der Waals surface area contributed by atoms with Gasteiger partial charge in [-0.2, -0.15) is 0 Å². The molecule has 1 heterocycles. The Morgan fingerprint density at radius 3 is 2.50 bits per heavy atom. The van der Waals surface area contributed by atoms with Crippen molar-refractivity contribution in [2.24, 2.45) is 5.92 Å². The number of hydrogen-bond acceptors (Lipinski definition) is 1. The molecule has 0 aromatic carbocycles. The van der Waals surface area contributed by atoms with Crippen molar-refractivity contribution >= 4 is 5.91 Å². The Hall–Kier alpha value is -0.600. The quantitative estimate of drug-likeness (QED) is 0.638. The average molecular weight is 201 g/mol. The number of amides is 1. The Bertz CT molecular complexity index is 222. The first-order valence-corrected chi connectivity index (χ1v) is 5.28. The van der Waals surface area contributed by atoms with Gasteiger partial charge in [0.1, 0.15) is 5.67 Å². The fourth-order valence-electron chi connectivity index (χ4n) is 2.17. The third kappa shape index (κ3) is 2.46. The van der Waals surface area contributed by atoms with E-state index in [0.717, 1.165) is 12.8 Å². The van der Waals surface area contributed by atoms with Gasteiger partial charge in [0.15, 0.2) is 0 Å². The van der Waals surface area contributed by atoms with Crippen LogP contribution in [0, 0.1) is 5.92 Å². The summed E-state index contributed by atoms with van der Waals surface area (Å²) in [6, 6.07) is -0.247. The minimum atomic E-state index is -1.29. The lowest BCUT2D eigenvalue weighted by molar-refractivity contribution is -0.137. The van der Waals surface area contributed by atoms with E-state index in [9.17, 15) is 9.18 Å². The van der Waals surface area contributed by atoms with Crippen LogP contribution in [0.4, 0.5) is 4.39 Å². The normalized spacial score (nSPS) is 29.1. The molecule has 3 heteroatoms. The minimum absolute atomic E-state index is 0.00683. The predicted octanol–water partition coefficient (Wildman–Crippen LogP) is 2.38. The van der Waals surface area contributed by atoms with Crippen LogP contribution in [0.15, 0.2) is 0 Å². The fourth-order valence-corrected chi connectivity index (χ4v) is 2.17. The first-order chi connectivity index (χ1) is 6.32. The number of hydrogen-bond donors (Lipinski definition) is 0. The zero-order chi connectivity index (χ0) is 10.9. The maximum atomic E-state index is 13.9. The van der Waals surface area contributed by atoms with Crippen LogP contribution in [0.25, 0.3) is 0 Å². The highest BCUT2D eigenvalue weighted by Crippen LogP contribution is 2.31. The van der Waals surface area contributed by atoms with Crippen LogP contribution in [0.2, 0.25) is 0 Å². The van der Waals surface area contributed by atoms with Crippen molar-refractivity contribution in [3.8, 4) is 0 Å². The van der Waals surface area contributed by atoms with Crippen LogP contribution < -0.4 is 0 Å². The molecule has 0 bridgehead atoms. The lowest BCUT2D eigenvalue weighted by atomic mass is 9.85. The summed E-state index contributed by atoms with van der Waals surface area (Å²) in [4.78, 5) is 13.0. The number of likely N-dealkylation sites (tertiary alicyclic amines) is 1. The summed E-state index contributed by atoms with van der Waals surface area (Å²) in [6.45, 7) is 7.47. The standard InChI is InChI=1S/C11H20FNO/c1-8-5-6-13(9(2)14)10(7-8)11(3,4)12/h8,10H,5-7H2,1-4H3. The van der Waals surface area contributed by atoms with Crippen LogP contribution in [0.3, 0.4) is 0 Å². The second kappa shape index (κ2) is 3.87. The summed E-state index contributed by atoms with van der Waals surface area (Å²) in [6.07, 6.45) is 1.77. The van der Waals surface area contributed by atoms with E-state index < -0.39 is 5.67 Å². The van der Waals surface area contributed by atoms with Crippen LogP contribution in [-0.4, -0.2) is 29.1 Å². The van der Waals surface area contributed by atoms with E-state index in [-0.39, 0.29) is 11.9 Å². The number of piperidine rings is 1. The molecule has 1 saturated heterocycles. The van der Waals surface area contributed by atoms with Crippen LogP contribution in [0.1, 0.15) is 40.5 Å². The Morgan fingerprint density at radius 2 is 2.07 bits per heavy atom. The van der Waals surface area contributed by atoms with Gasteiger partial charge in [-0.1, -0.05) is 6.92 Å². The van der Waals surface area contributed by atoms with Gasteiger partial charge in [-0.05, 0) is 32.6 Å². The first-order valence-electron chi connectivity index (χ1n) is 5.28. The van der Waals surface area contributed by atoms with Gasteiger partial charge in [-0.3, -0.25) is 4.79 Å². The van der Waals surface area contributed by atoms with E-state index in [2.05, 4.69) is 6.92 Å². The van der Waals surface area contributed by atoms with E-state index in [4.69, 9.17) is 0 Å². The van der Waals surface area contributed by atoms with Gasteiger partial charge in [0.2, 0.25) is 5.91 Å². The summed E-state index contributed by atoms with van der Waals surface area (Å²) in [5, 5.41) is 0. The van der Waals surface area contributed by atoms with Gasteiger partial charge in [-0.15, -0.1) is 0 Å². The van der Waals surface area contributed by atoms with E-state index in [0.29, 0.717) is 12.5 Å². The van der Waals surface area contributed by atoms with Gasteiger partial charge in [0.25, 0.3) is 0 Å². The number of carbonyl (C=O) groups excluding carboxylic acids is 1. The zero-order valence-corrected chi connectivity index (χ0v) is 9.51. The second-order valence-corrected chi connectivity index (χ2v) is 4.92. The molecular weight excluding hydrogens is 181 g/mol. The van der Waals surface area contributed by atoms with Crippen molar-refractivity contribution in [1.29, 1.82) is 0 Å². The van der Waals surface area contributed by atoms with Gasteiger partial charge in [0.05, 0.1) is 6.04 Å². The molecule has 0 aromatic heterocycles. The molecule has 82 valence electrons. The van der Waals surface area contributed by atoms with Crippen molar-refractivity contribution in [3.63, 3.8) is 0 Å². The zero-order valence-electron chi connectivity index (χ0n) is 9.51. The van der Waals surface area contributed by atoms with Crippen molar-refractivity contribution in [2.45, 2.75) is 52.2 Å². The molecule has 1 fully saturated rings. The number of alkyl halides is 1. The van der Waals surface area contributed by atoms with Crippen molar-refractivity contribution < 1.29 is 9.18 Å². The molecule has 0 spiro atoms. The number of rotatable bonds is 1. The topological polar surface area (TPSA) is 20.3 Å². The smallest absolute Gasteiger partial charge is 0.219 e. The van der Waals surface area contributed by atoms with Crippen molar-refractivity contribution in [1.82, 2.24) is 4.90 Å². The summed E-state index contributed by atoms with van der Waals surface area (Å²) in [5.41, 5.74) is -1.29. The molecule has 0 N–H and O–H groups in total. The van der Waals surface area contributed by atoms with Crippen LogP contribution in [-0.2, 0) is 4.79 Å². The third-order valence-corrected chi connectivity index (χ3v) is 3.06. The van der Waals surface area contributed by atoms with E-state index in [1.165, 1.54) is 6.92 Å². The van der Waals surface area contributed by atoms with Crippen LogP contribution >= 0.6 is 0 Å². The summed E-state index contributed by atoms with van der Waals surface area (Å²) < 4.78 is 13.9. The molecule has 14 heavy (non-hydrogen) atoms. The second-order valence-electron chi connectivity index (χ2n) is 4.92. The minimum Gasteiger partial charge on any atom is -0.337 e. The molecule has 0 radical (unpaired) electrons. The molecule has 2 unspecified atom stereocenters. The molecule has 1 amide bonds. The number of halogens is 1. The lowest BCUT2D eigenvalue weighted by Crippen LogP contribution is -2.53. The summed E-state index contributed by atoms with van der Waals surface area (Å²) >= 11 is 0. The Kier molecular flexibility index (Phi) is 3.17. The molecule has 0 aliphatic carbocycles. The largest absolute Gasteiger partial charge is 0.337 e. The highest BCUT2D eigenvalue weighted by molar-refractivity contribution is 5.73. The summed E-state index contributed by atoms with van der Waals surface area (Å²) in [5.74, 6) is 0.512.